The van der Waals surface area contributed by atoms with E-state index >= 15 is 0 Å². The number of rotatable bonds is 3. The normalized spacial score (nSPS) is 10.8. The molecule has 84 valence electrons. The average molecular weight is 220 g/mol. The van der Waals surface area contributed by atoms with Crippen LogP contribution in [-0.2, 0) is 11.2 Å². The molecule has 0 aliphatic carbocycles. The third-order valence-corrected chi connectivity index (χ3v) is 2.54. The van der Waals surface area contributed by atoms with E-state index in [0.29, 0.717) is 17.8 Å². The SMILES string of the molecule is Cc1c(CCC(=O)O)nc2c(O)cccn12. The number of hydrogen-bond acceptors (Lipinski definition) is 3. The molecule has 5 heteroatoms. The fourth-order valence-corrected chi connectivity index (χ4v) is 1.68. The molecule has 16 heavy (non-hydrogen) atoms. The van der Waals surface area contributed by atoms with Gasteiger partial charge in [-0.25, -0.2) is 4.98 Å². The first kappa shape index (κ1) is 10.5. The molecule has 2 N–H and O–H groups in total. The molecule has 0 aromatic carbocycles. The summed E-state index contributed by atoms with van der Waals surface area (Å²) in [5.41, 5.74) is 2.05. The van der Waals surface area contributed by atoms with Crippen molar-refractivity contribution in [3.05, 3.63) is 29.7 Å². The second-order valence-corrected chi connectivity index (χ2v) is 3.62. The Balaban J connectivity index is 2.44. The van der Waals surface area contributed by atoms with Crippen molar-refractivity contribution in [2.24, 2.45) is 0 Å². The maximum atomic E-state index is 10.5. The van der Waals surface area contributed by atoms with Gasteiger partial charge in [0.25, 0.3) is 0 Å². The molecule has 0 aliphatic heterocycles. The Morgan fingerprint density at radius 1 is 1.56 bits per heavy atom. The Kier molecular flexibility index (Phi) is 2.52. The summed E-state index contributed by atoms with van der Waals surface area (Å²) in [5, 5.41) is 18.2. The fourth-order valence-electron chi connectivity index (χ4n) is 1.68. The second-order valence-electron chi connectivity index (χ2n) is 3.62. The highest BCUT2D eigenvalue weighted by atomic mass is 16.4. The van der Waals surface area contributed by atoms with Crippen molar-refractivity contribution in [1.29, 1.82) is 0 Å². The van der Waals surface area contributed by atoms with Crippen LogP contribution in [0.5, 0.6) is 5.75 Å². The minimum absolute atomic E-state index is 0.0471. The first-order chi connectivity index (χ1) is 7.59. The Morgan fingerprint density at radius 2 is 2.31 bits per heavy atom. The molecule has 2 rings (SSSR count). The van der Waals surface area contributed by atoms with Crippen LogP contribution in [0.1, 0.15) is 17.8 Å². The molecule has 0 saturated carbocycles. The van der Waals surface area contributed by atoms with Crippen molar-refractivity contribution in [3.8, 4) is 5.75 Å². The van der Waals surface area contributed by atoms with Crippen molar-refractivity contribution in [2.75, 3.05) is 0 Å². The van der Waals surface area contributed by atoms with E-state index in [-0.39, 0.29) is 12.2 Å². The predicted octanol–water partition coefficient (Wildman–Crippen LogP) is 1.37. The van der Waals surface area contributed by atoms with Crippen LogP contribution in [0.15, 0.2) is 18.3 Å². The zero-order chi connectivity index (χ0) is 11.7. The van der Waals surface area contributed by atoms with Gasteiger partial charge in [-0.05, 0) is 19.1 Å². The van der Waals surface area contributed by atoms with Crippen LogP contribution in [-0.4, -0.2) is 25.6 Å². The summed E-state index contributed by atoms with van der Waals surface area (Å²) >= 11 is 0. The van der Waals surface area contributed by atoms with Gasteiger partial charge in [-0.2, -0.15) is 0 Å². The minimum atomic E-state index is -0.847. The summed E-state index contributed by atoms with van der Waals surface area (Å²) in [6, 6.07) is 3.28. The minimum Gasteiger partial charge on any atom is -0.504 e. The summed E-state index contributed by atoms with van der Waals surface area (Å²) in [7, 11) is 0. The van der Waals surface area contributed by atoms with Crippen LogP contribution in [0.2, 0.25) is 0 Å². The highest BCUT2D eigenvalue weighted by Crippen LogP contribution is 2.20. The number of pyridine rings is 1. The number of imidazole rings is 1. The maximum Gasteiger partial charge on any atom is 0.303 e. The van der Waals surface area contributed by atoms with Gasteiger partial charge in [-0.3, -0.25) is 4.79 Å². The van der Waals surface area contributed by atoms with Gasteiger partial charge in [-0.1, -0.05) is 0 Å². The molecular formula is C11H12N2O3. The lowest BCUT2D eigenvalue weighted by molar-refractivity contribution is -0.136. The molecule has 0 unspecified atom stereocenters. The van der Waals surface area contributed by atoms with Gasteiger partial charge >= 0.3 is 5.97 Å². The summed E-state index contributed by atoms with van der Waals surface area (Å²) in [4.78, 5) is 14.7. The van der Waals surface area contributed by atoms with Crippen molar-refractivity contribution in [1.82, 2.24) is 9.38 Å². The van der Waals surface area contributed by atoms with Gasteiger partial charge in [0.05, 0.1) is 12.1 Å². The van der Waals surface area contributed by atoms with Crippen LogP contribution in [0.3, 0.4) is 0 Å². The number of fused-ring (bicyclic) bond motifs is 1. The van der Waals surface area contributed by atoms with Crippen LogP contribution in [0, 0.1) is 6.92 Å². The number of carboxylic acids is 1. The number of aryl methyl sites for hydroxylation is 2. The van der Waals surface area contributed by atoms with Gasteiger partial charge in [0.1, 0.15) is 0 Å². The molecule has 0 radical (unpaired) electrons. The Hall–Kier alpha value is -2.04. The summed E-state index contributed by atoms with van der Waals surface area (Å²) < 4.78 is 1.76. The van der Waals surface area contributed by atoms with Gasteiger partial charge in [0.2, 0.25) is 0 Å². The van der Waals surface area contributed by atoms with E-state index < -0.39 is 5.97 Å². The van der Waals surface area contributed by atoms with Crippen molar-refractivity contribution < 1.29 is 15.0 Å². The summed E-state index contributed by atoms with van der Waals surface area (Å²) in [6.45, 7) is 1.86. The quantitative estimate of drug-likeness (QED) is 0.819. The van der Waals surface area contributed by atoms with E-state index in [1.165, 1.54) is 0 Å². The van der Waals surface area contributed by atoms with Crippen LogP contribution in [0.4, 0.5) is 0 Å². The smallest absolute Gasteiger partial charge is 0.303 e. The van der Waals surface area contributed by atoms with E-state index in [1.807, 2.05) is 6.92 Å². The number of aliphatic carboxylic acids is 1. The zero-order valence-electron chi connectivity index (χ0n) is 8.84. The van der Waals surface area contributed by atoms with Gasteiger partial charge in [0.15, 0.2) is 11.4 Å². The number of hydrogen-bond donors (Lipinski definition) is 2. The fraction of sp³-hybridized carbons (Fsp3) is 0.273. The maximum absolute atomic E-state index is 10.5. The van der Waals surface area contributed by atoms with Crippen LogP contribution >= 0.6 is 0 Å². The van der Waals surface area contributed by atoms with Crippen molar-refractivity contribution in [2.45, 2.75) is 19.8 Å². The monoisotopic (exact) mass is 220 g/mol. The molecule has 0 fully saturated rings. The molecule has 0 aliphatic rings. The summed E-state index contributed by atoms with van der Waals surface area (Å²) in [6.07, 6.45) is 2.22. The number of carbonyl (C=O) groups is 1. The molecule has 0 bridgehead atoms. The van der Waals surface area contributed by atoms with Gasteiger partial charge in [-0.15, -0.1) is 0 Å². The van der Waals surface area contributed by atoms with E-state index in [4.69, 9.17) is 5.11 Å². The third kappa shape index (κ3) is 1.71. The Morgan fingerprint density at radius 3 is 2.94 bits per heavy atom. The zero-order valence-corrected chi connectivity index (χ0v) is 8.84. The highest BCUT2D eigenvalue weighted by molar-refractivity contribution is 5.67. The number of aromatic hydroxyl groups is 1. The third-order valence-electron chi connectivity index (χ3n) is 2.54. The predicted molar refractivity (Wildman–Crippen MR) is 57.6 cm³/mol. The van der Waals surface area contributed by atoms with Gasteiger partial charge in [0, 0.05) is 18.3 Å². The summed E-state index contributed by atoms with van der Waals surface area (Å²) in [5.74, 6) is -0.743. The number of carboxylic acid groups (broad SMARTS) is 1. The first-order valence-corrected chi connectivity index (χ1v) is 4.97. The second kappa shape index (κ2) is 3.84. The van der Waals surface area contributed by atoms with E-state index in [1.54, 1.807) is 22.7 Å². The highest BCUT2D eigenvalue weighted by Gasteiger charge is 2.11. The number of aromatic nitrogens is 2. The largest absolute Gasteiger partial charge is 0.504 e. The van der Waals surface area contributed by atoms with Crippen molar-refractivity contribution >= 4 is 11.6 Å². The lowest BCUT2D eigenvalue weighted by atomic mass is 10.2. The average Bonchev–Trinajstić information content (AvgIpc) is 2.55. The van der Waals surface area contributed by atoms with Crippen LogP contribution < -0.4 is 0 Å². The van der Waals surface area contributed by atoms with Crippen LogP contribution in [0.25, 0.3) is 5.65 Å². The van der Waals surface area contributed by atoms with Gasteiger partial charge < -0.3 is 14.6 Å². The lowest BCUT2D eigenvalue weighted by Gasteiger charge is -1.97. The van der Waals surface area contributed by atoms with Crippen molar-refractivity contribution in [3.63, 3.8) is 0 Å². The molecule has 0 saturated heterocycles. The first-order valence-electron chi connectivity index (χ1n) is 4.97. The van der Waals surface area contributed by atoms with E-state index in [2.05, 4.69) is 4.98 Å². The molecular weight excluding hydrogens is 208 g/mol. The molecule has 2 aromatic heterocycles. The Labute approximate surface area is 92.0 Å². The standard InChI is InChI=1S/C11H12N2O3/c1-7-8(4-5-10(15)16)12-11-9(14)3-2-6-13(7)11/h2-3,6,14H,4-5H2,1H3,(H,15,16). The van der Waals surface area contributed by atoms with E-state index in [0.717, 1.165) is 5.69 Å². The molecule has 0 atom stereocenters. The Bertz CT molecular complexity index is 545. The number of nitrogens with zero attached hydrogens (tertiary/aromatic N) is 2. The lowest BCUT2D eigenvalue weighted by Crippen LogP contribution is -1.99. The molecule has 0 spiro atoms. The van der Waals surface area contributed by atoms with E-state index in [9.17, 15) is 9.90 Å². The topological polar surface area (TPSA) is 74.8 Å². The molecule has 0 amide bonds. The molecule has 2 aromatic rings. The molecule has 2 heterocycles. The molecule has 5 nitrogen and oxygen atoms in total.